The van der Waals surface area contributed by atoms with Crippen molar-refractivity contribution < 1.29 is 9.90 Å². The van der Waals surface area contributed by atoms with Gasteiger partial charge in [-0.3, -0.25) is 4.79 Å². The second-order valence-electron chi connectivity index (χ2n) is 4.38. The van der Waals surface area contributed by atoms with Crippen LogP contribution in [0.25, 0.3) is 6.08 Å². The fourth-order valence-electron chi connectivity index (χ4n) is 2.28. The summed E-state index contributed by atoms with van der Waals surface area (Å²) < 4.78 is 0. The third-order valence-corrected chi connectivity index (χ3v) is 3.23. The highest BCUT2D eigenvalue weighted by atomic mass is 16.3. The SMILES string of the molecule is O=C(c1ccc(O)cc1)C1C=Cc2ccccc21. The number of ketones is 1. The first kappa shape index (κ1) is 10.8. The smallest absolute Gasteiger partial charge is 0.174 e. The van der Waals surface area contributed by atoms with Gasteiger partial charge in [-0.25, -0.2) is 0 Å². The zero-order chi connectivity index (χ0) is 12.5. The van der Waals surface area contributed by atoms with Crippen LogP contribution in [0.4, 0.5) is 0 Å². The van der Waals surface area contributed by atoms with Crippen LogP contribution in [0.1, 0.15) is 27.4 Å². The molecule has 0 amide bonds. The van der Waals surface area contributed by atoms with Crippen molar-refractivity contribution in [2.75, 3.05) is 0 Å². The molecule has 0 aromatic heterocycles. The number of phenols is 1. The highest BCUT2D eigenvalue weighted by Gasteiger charge is 2.24. The Morgan fingerprint density at radius 2 is 1.72 bits per heavy atom. The molecular weight excluding hydrogens is 224 g/mol. The molecule has 0 aliphatic heterocycles. The summed E-state index contributed by atoms with van der Waals surface area (Å²) in [4.78, 5) is 12.4. The summed E-state index contributed by atoms with van der Waals surface area (Å²) in [6, 6.07) is 14.3. The Morgan fingerprint density at radius 1 is 1.00 bits per heavy atom. The molecule has 2 nitrogen and oxygen atoms in total. The number of phenolic OH excluding ortho intramolecular Hbond substituents is 1. The van der Waals surface area contributed by atoms with Crippen molar-refractivity contribution in [3.63, 3.8) is 0 Å². The molecule has 1 aliphatic rings. The van der Waals surface area contributed by atoms with Crippen LogP contribution in [0, 0.1) is 0 Å². The number of benzene rings is 2. The maximum Gasteiger partial charge on any atom is 0.174 e. The van der Waals surface area contributed by atoms with Crippen LogP contribution in [0.5, 0.6) is 5.75 Å². The third kappa shape index (κ3) is 1.72. The first-order valence-electron chi connectivity index (χ1n) is 5.86. The molecule has 0 bridgehead atoms. The molecule has 0 saturated carbocycles. The monoisotopic (exact) mass is 236 g/mol. The Morgan fingerprint density at radius 3 is 2.50 bits per heavy atom. The van der Waals surface area contributed by atoms with Crippen molar-refractivity contribution in [3.8, 4) is 5.75 Å². The second kappa shape index (κ2) is 4.15. The van der Waals surface area contributed by atoms with Gasteiger partial charge in [0.2, 0.25) is 0 Å². The molecular formula is C16H12O2. The molecule has 0 fully saturated rings. The molecule has 2 heteroatoms. The van der Waals surface area contributed by atoms with Crippen LogP contribution in [-0.2, 0) is 0 Å². The number of Topliss-reactive ketones (excluding diaryl/α,β-unsaturated/α-hetero) is 1. The molecule has 1 N–H and O–H groups in total. The van der Waals surface area contributed by atoms with E-state index in [2.05, 4.69) is 0 Å². The molecule has 2 aromatic carbocycles. The zero-order valence-corrected chi connectivity index (χ0v) is 9.71. The summed E-state index contributed by atoms with van der Waals surface area (Å²) in [5.41, 5.74) is 2.78. The zero-order valence-electron chi connectivity index (χ0n) is 9.71. The van der Waals surface area contributed by atoms with Crippen LogP contribution in [0.3, 0.4) is 0 Å². The Hall–Kier alpha value is -2.35. The number of aromatic hydroxyl groups is 1. The van der Waals surface area contributed by atoms with E-state index in [1.807, 2.05) is 36.4 Å². The Kier molecular flexibility index (Phi) is 2.49. The van der Waals surface area contributed by atoms with Gasteiger partial charge in [-0.1, -0.05) is 36.4 Å². The van der Waals surface area contributed by atoms with Crippen LogP contribution in [0.15, 0.2) is 54.6 Å². The highest BCUT2D eigenvalue weighted by molar-refractivity contribution is 6.04. The minimum atomic E-state index is -0.203. The lowest BCUT2D eigenvalue weighted by molar-refractivity contribution is 0.0977. The van der Waals surface area contributed by atoms with E-state index in [-0.39, 0.29) is 17.5 Å². The molecule has 1 aliphatic carbocycles. The van der Waals surface area contributed by atoms with Crippen molar-refractivity contribution in [3.05, 3.63) is 71.3 Å². The lowest BCUT2D eigenvalue weighted by atomic mass is 9.92. The quantitative estimate of drug-likeness (QED) is 0.811. The topological polar surface area (TPSA) is 37.3 Å². The van der Waals surface area contributed by atoms with Gasteiger partial charge >= 0.3 is 0 Å². The molecule has 18 heavy (non-hydrogen) atoms. The Labute approximate surface area is 105 Å². The van der Waals surface area contributed by atoms with Gasteiger partial charge in [-0.15, -0.1) is 0 Å². The van der Waals surface area contributed by atoms with Crippen LogP contribution in [0.2, 0.25) is 0 Å². The predicted octanol–water partition coefficient (Wildman–Crippen LogP) is 3.39. The number of hydrogen-bond donors (Lipinski definition) is 1. The molecule has 0 radical (unpaired) electrons. The van der Waals surface area contributed by atoms with E-state index in [4.69, 9.17) is 0 Å². The number of hydrogen-bond acceptors (Lipinski definition) is 2. The molecule has 0 heterocycles. The first-order valence-corrected chi connectivity index (χ1v) is 5.86. The summed E-state index contributed by atoms with van der Waals surface area (Å²) in [6.45, 7) is 0. The number of carbonyl (C=O) groups is 1. The fraction of sp³-hybridized carbons (Fsp3) is 0.0625. The van der Waals surface area contributed by atoms with Gasteiger partial charge in [0.25, 0.3) is 0 Å². The molecule has 0 saturated heterocycles. The molecule has 3 rings (SSSR count). The van der Waals surface area contributed by atoms with E-state index >= 15 is 0 Å². The molecule has 1 unspecified atom stereocenters. The lowest BCUT2D eigenvalue weighted by Gasteiger charge is -2.10. The number of rotatable bonds is 2. The van der Waals surface area contributed by atoms with E-state index in [9.17, 15) is 9.90 Å². The maximum absolute atomic E-state index is 12.4. The maximum atomic E-state index is 12.4. The van der Waals surface area contributed by atoms with Gasteiger partial charge < -0.3 is 5.11 Å². The molecule has 2 aromatic rings. The predicted molar refractivity (Wildman–Crippen MR) is 70.7 cm³/mol. The average Bonchev–Trinajstić information content (AvgIpc) is 2.82. The standard InChI is InChI=1S/C16H12O2/c17-13-8-5-12(6-9-13)16(18)15-10-7-11-3-1-2-4-14(11)15/h1-10,15,17H. The van der Waals surface area contributed by atoms with Crippen molar-refractivity contribution in [1.29, 1.82) is 0 Å². The third-order valence-electron chi connectivity index (χ3n) is 3.23. The molecule has 1 atom stereocenters. The van der Waals surface area contributed by atoms with Gasteiger partial charge in [0.1, 0.15) is 5.75 Å². The Balaban J connectivity index is 1.96. The summed E-state index contributed by atoms with van der Waals surface area (Å²) in [6.07, 6.45) is 3.91. The van der Waals surface area contributed by atoms with Crippen molar-refractivity contribution in [1.82, 2.24) is 0 Å². The summed E-state index contributed by atoms with van der Waals surface area (Å²) in [7, 11) is 0. The average molecular weight is 236 g/mol. The summed E-state index contributed by atoms with van der Waals surface area (Å²) in [5, 5.41) is 9.24. The minimum absolute atomic E-state index is 0.0659. The van der Waals surface area contributed by atoms with E-state index in [1.165, 1.54) is 12.1 Å². The van der Waals surface area contributed by atoms with Crippen molar-refractivity contribution in [2.24, 2.45) is 0 Å². The van der Waals surface area contributed by atoms with E-state index < -0.39 is 0 Å². The van der Waals surface area contributed by atoms with Crippen LogP contribution >= 0.6 is 0 Å². The van der Waals surface area contributed by atoms with E-state index in [0.29, 0.717) is 5.56 Å². The van der Waals surface area contributed by atoms with Gasteiger partial charge in [-0.2, -0.15) is 0 Å². The van der Waals surface area contributed by atoms with E-state index in [1.54, 1.807) is 12.1 Å². The number of allylic oxidation sites excluding steroid dienone is 1. The largest absolute Gasteiger partial charge is 0.508 e. The number of fused-ring (bicyclic) bond motifs is 1. The van der Waals surface area contributed by atoms with Crippen LogP contribution in [-0.4, -0.2) is 10.9 Å². The minimum Gasteiger partial charge on any atom is -0.508 e. The molecule has 88 valence electrons. The van der Waals surface area contributed by atoms with Crippen molar-refractivity contribution in [2.45, 2.75) is 5.92 Å². The van der Waals surface area contributed by atoms with Gasteiger partial charge in [-0.05, 0) is 35.4 Å². The van der Waals surface area contributed by atoms with Crippen LogP contribution < -0.4 is 0 Å². The van der Waals surface area contributed by atoms with E-state index in [0.717, 1.165) is 11.1 Å². The number of carbonyl (C=O) groups excluding carboxylic acids is 1. The van der Waals surface area contributed by atoms with Gasteiger partial charge in [0.05, 0.1) is 5.92 Å². The van der Waals surface area contributed by atoms with Crippen molar-refractivity contribution >= 4 is 11.9 Å². The normalized spacial score (nSPS) is 16.6. The lowest BCUT2D eigenvalue weighted by Crippen LogP contribution is -2.09. The Bertz CT molecular complexity index is 624. The molecule has 0 spiro atoms. The van der Waals surface area contributed by atoms with Gasteiger partial charge in [0, 0.05) is 5.56 Å². The fourth-order valence-corrected chi connectivity index (χ4v) is 2.28. The summed E-state index contributed by atoms with van der Waals surface area (Å²) in [5.74, 6) is 0.0378. The summed E-state index contributed by atoms with van der Waals surface area (Å²) >= 11 is 0. The highest BCUT2D eigenvalue weighted by Crippen LogP contribution is 2.32. The van der Waals surface area contributed by atoms with Gasteiger partial charge in [0.15, 0.2) is 5.78 Å². The first-order chi connectivity index (χ1) is 8.75. The second-order valence-corrected chi connectivity index (χ2v) is 4.38.